The standard InChI is InChI=1S/C30H31ClN2O6/c1-5-39-24-15-18(10-19(31)29(24)35)28-27-22(32-20-8-6-7-9-21(20)33-28)11-16(12-23(27)34)17-13-25(36-2)30(38-4)26(14-17)37-3/h6-10,13-16,28,32-33,35H,5,11-12H2,1-4H3/t16-,28-/m0/s1. The number of ether oxygens (including phenoxy) is 4. The Morgan fingerprint density at radius 2 is 1.59 bits per heavy atom. The van der Waals surface area contributed by atoms with E-state index in [-0.39, 0.29) is 34.6 Å². The van der Waals surface area contributed by atoms with E-state index in [0.717, 1.165) is 22.6 Å². The van der Waals surface area contributed by atoms with E-state index in [1.54, 1.807) is 33.5 Å². The third-order valence-corrected chi connectivity index (χ3v) is 7.44. The Balaban J connectivity index is 1.62. The van der Waals surface area contributed by atoms with E-state index in [9.17, 15) is 9.90 Å². The normalized spacial score (nSPS) is 18.2. The molecule has 3 aromatic carbocycles. The predicted molar refractivity (Wildman–Crippen MR) is 151 cm³/mol. The van der Waals surface area contributed by atoms with Crippen molar-refractivity contribution in [2.45, 2.75) is 31.7 Å². The first-order chi connectivity index (χ1) is 18.9. The Kier molecular flexibility index (Phi) is 7.48. The summed E-state index contributed by atoms with van der Waals surface area (Å²) < 4.78 is 22.3. The Morgan fingerprint density at radius 3 is 2.23 bits per heavy atom. The first kappa shape index (κ1) is 26.6. The van der Waals surface area contributed by atoms with Crippen LogP contribution in [-0.4, -0.2) is 38.8 Å². The number of aromatic hydroxyl groups is 1. The zero-order chi connectivity index (χ0) is 27.7. The number of phenolic OH excluding ortho intramolecular Hbond substituents is 1. The number of phenols is 1. The van der Waals surface area contributed by atoms with Gasteiger partial charge in [-0.15, -0.1) is 0 Å². The van der Waals surface area contributed by atoms with Gasteiger partial charge in [0.2, 0.25) is 5.75 Å². The van der Waals surface area contributed by atoms with Gasteiger partial charge in [-0.2, -0.15) is 0 Å². The molecule has 8 nitrogen and oxygen atoms in total. The fourth-order valence-corrected chi connectivity index (χ4v) is 5.56. The third kappa shape index (κ3) is 4.92. The minimum absolute atomic E-state index is 0.00466. The first-order valence-electron chi connectivity index (χ1n) is 12.7. The highest BCUT2D eigenvalue weighted by molar-refractivity contribution is 6.32. The summed E-state index contributed by atoms with van der Waals surface area (Å²) in [5, 5.41) is 17.7. The zero-order valence-electron chi connectivity index (χ0n) is 22.3. The van der Waals surface area contributed by atoms with E-state index in [4.69, 9.17) is 30.5 Å². The highest BCUT2D eigenvalue weighted by atomic mass is 35.5. The SMILES string of the molecule is CCOc1cc([C@@H]2Nc3ccccc3NC3=C2C(=O)C[C@@H](c2cc(OC)c(OC)c(OC)c2)C3)cc(Cl)c1O. The molecule has 39 heavy (non-hydrogen) atoms. The van der Waals surface area contributed by atoms with Crippen LogP contribution < -0.4 is 29.6 Å². The van der Waals surface area contributed by atoms with Crippen LogP contribution in [0.5, 0.6) is 28.7 Å². The maximum atomic E-state index is 14.0. The van der Waals surface area contributed by atoms with Crippen LogP contribution in [0.15, 0.2) is 59.8 Å². The number of nitrogens with one attached hydrogen (secondary N) is 2. The number of rotatable bonds is 7. The number of methoxy groups -OCH3 is 3. The highest BCUT2D eigenvalue weighted by Crippen LogP contribution is 2.48. The van der Waals surface area contributed by atoms with Crippen molar-refractivity contribution in [1.29, 1.82) is 0 Å². The minimum Gasteiger partial charge on any atom is -0.503 e. The van der Waals surface area contributed by atoms with E-state index < -0.39 is 6.04 Å². The van der Waals surface area contributed by atoms with Gasteiger partial charge in [-0.1, -0.05) is 23.7 Å². The number of ketones is 1. The second-order valence-corrected chi connectivity index (χ2v) is 9.82. The van der Waals surface area contributed by atoms with Crippen molar-refractivity contribution >= 4 is 28.8 Å². The molecule has 0 aromatic heterocycles. The number of halogens is 1. The largest absolute Gasteiger partial charge is 0.503 e. The van der Waals surface area contributed by atoms with E-state index >= 15 is 0 Å². The van der Waals surface area contributed by atoms with Gasteiger partial charge in [0.1, 0.15) is 0 Å². The van der Waals surface area contributed by atoms with Crippen molar-refractivity contribution in [3.8, 4) is 28.7 Å². The maximum absolute atomic E-state index is 14.0. The van der Waals surface area contributed by atoms with Crippen LogP contribution in [0.3, 0.4) is 0 Å². The molecule has 0 fully saturated rings. The molecule has 3 N–H and O–H groups in total. The molecule has 1 aliphatic heterocycles. The molecule has 0 bridgehead atoms. The summed E-state index contributed by atoms with van der Waals surface area (Å²) in [6.45, 7) is 2.19. The number of allylic oxidation sites excluding steroid dienone is 1. The molecule has 204 valence electrons. The highest BCUT2D eigenvalue weighted by Gasteiger charge is 2.37. The summed E-state index contributed by atoms with van der Waals surface area (Å²) in [5.41, 5.74) is 4.78. The third-order valence-electron chi connectivity index (χ3n) is 7.15. The smallest absolute Gasteiger partial charge is 0.203 e. The lowest BCUT2D eigenvalue weighted by atomic mass is 9.78. The molecule has 0 spiro atoms. The van der Waals surface area contributed by atoms with E-state index in [1.165, 1.54) is 0 Å². The van der Waals surface area contributed by atoms with Gasteiger partial charge in [-0.25, -0.2) is 0 Å². The number of benzene rings is 3. The fourth-order valence-electron chi connectivity index (χ4n) is 5.34. The topological polar surface area (TPSA) is 98.3 Å². The Bertz CT molecular complexity index is 1430. The molecule has 1 heterocycles. The van der Waals surface area contributed by atoms with Crippen molar-refractivity contribution in [3.63, 3.8) is 0 Å². The summed E-state index contributed by atoms with van der Waals surface area (Å²) in [7, 11) is 4.72. The molecule has 0 unspecified atom stereocenters. The number of carbonyl (C=O) groups excluding carboxylic acids is 1. The molecule has 0 radical (unpaired) electrons. The van der Waals surface area contributed by atoms with Crippen LogP contribution in [-0.2, 0) is 4.79 Å². The van der Waals surface area contributed by atoms with Gasteiger partial charge < -0.3 is 34.7 Å². The first-order valence-corrected chi connectivity index (χ1v) is 13.1. The number of para-hydroxylation sites is 2. The van der Waals surface area contributed by atoms with Gasteiger partial charge >= 0.3 is 0 Å². The predicted octanol–water partition coefficient (Wildman–Crippen LogP) is 6.45. The van der Waals surface area contributed by atoms with E-state index in [0.29, 0.717) is 41.4 Å². The van der Waals surface area contributed by atoms with Crippen LogP contribution in [0.2, 0.25) is 5.02 Å². The van der Waals surface area contributed by atoms with E-state index in [1.807, 2.05) is 43.3 Å². The molecular weight excluding hydrogens is 520 g/mol. The average molecular weight is 551 g/mol. The Hall–Kier alpha value is -4.04. The number of Topliss-reactive ketones (excluding diaryl/α,β-unsaturated/α-hetero) is 1. The molecule has 0 amide bonds. The Morgan fingerprint density at radius 1 is 0.923 bits per heavy atom. The van der Waals surface area contributed by atoms with Gasteiger partial charge in [-0.05, 0) is 66.8 Å². The van der Waals surface area contributed by atoms with Crippen LogP contribution in [0.25, 0.3) is 0 Å². The number of carbonyl (C=O) groups is 1. The summed E-state index contributed by atoms with van der Waals surface area (Å²) in [4.78, 5) is 14.0. The molecule has 1 aliphatic carbocycles. The lowest BCUT2D eigenvalue weighted by Gasteiger charge is -2.30. The van der Waals surface area contributed by atoms with E-state index in [2.05, 4.69) is 10.6 Å². The van der Waals surface area contributed by atoms with Gasteiger partial charge in [-0.3, -0.25) is 4.79 Å². The lowest BCUT2D eigenvalue weighted by molar-refractivity contribution is -0.116. The molecule has 9 heteroatoms. The number of fused-ring (bicyclic) bond motifs is 1. The summed E-state index contributed by atoms with van der Waals surface area (Å²) in [5.74, 6) is 1.61. The van der Waals surface area contributed by atoms with Crippen molar-refractivity contribution in [1.82, 2.24) is 0 Å². The maximum Gasteiger partial charge on any atom is 0.203 e. The van der Waals surface area contributed by atoms with Gasteiger partial charge in [0.15, 0.2) is 28.8 Å². The fraction of sp³-hybridized carbons (Fsp3) is 0.300. The summed E-state index contributed by atoms with van der Waals surface area (Å²) in [6, 6.07) is 14.5. The summed E-state index contributed by atoms with van der Waals surface area (Å²) >= 11 is 6.40. The molecule has 0 saturated carbocycles. The van der Waals surface area contributed by atoms with Crippen LogP contribution in [0, 0.1) is 0 Å². The molecule has 2 atom stereocenters. The zero-order valence-corrected chi connectivity index (χ0v) is 23.0. The van der Waals surface area contributed by atoms with Gasteiger partial charge in [0, 0.05) is 17.7 Å². The van der Waals surface area contributed by atoms with Crippen molar-refractivity contribution in [2.75, 3.05) is 38.6 Å². The van der Waals surface area contributed by atoms with Crippen LogP contribution in [0.4, 0.5) is 11.4 Å². The van der Waals surface area contributed by atoms with Gasteiger partial charge in [0.05, 0.1) is 50.4 Å². The lowest BCUT2D eigenvalue weighted by Crippen LogP contribution is -2.27. The van der Waals surface area contributed by atoms with Crippen molar-refractivity contribution in [3.05, 3.63) is 76.0 Å². The number of hydrogen-bond acceptors (Lipinski definition) is 8. The minimum atomic E-state index is -0.512. The van der Waals surface area contributed by atoms with Crippen molar-refractivity contribution < 1.29 is 28.8 Å². The quantitative estimate of drug-likeness (QED) is 0.309. The Labute approximate surface area is 232 Å². The monoisotopic (exact) mass is 550 g/mol. The van der Waals surface area contributed by atoms with Gasteiger partial charge in [0.25, 0.3) is 0 Å². The molecule has 0 saturated heterocycles. The summed E-state index contributed by atoms with van der Waals surface area (Å²) in [6.07, 6.45) is 0.869. The number of anilines is 2. The molecule has 5 rings (SSSR count). The van der Waals surface area contributed by atoms with Crippen LogP contribution in [0.1, 0.15) is 42.9 Å². The number of hydrogen-bond donors (Lipinski definition) is 3. The van der Waals surface area contributed by atoms with Crippen molar-refractivity contribution in [2.24, 2.45) is 0 Å². The second kappa shape index (κ2) is 11.0. The van der Waals surface area contributed by atoms with Crippen LogP contribution >= 0.6 is 11.6 Å². The average Bonchev–Trinajstić information content (AvgIpc) is 3.11. The second-order valence-electron chi connectivity index (χ2n) is 9.41. The molecule has 3 aromatic rings. The molecule has 2 aliphatic rings. The molecular formula is C30H31ClN2O6.